The third-order valence-electron chi connectivity index (χ3n) is 3.90. The highest BCUT2D eigenvalue weighted by Crippen LogP contribution is 2.37. The summed E-state index contributed by atoms with van der Waals surface area (Å²) in [6.45, 7) is 0.309. The summed E-state index contributed by atoms with van der Waals surface area (Å²) in [7, 11) is 6.29. The highest BCUT2D eigenvalue weighted by atomic mass is 16.2. The Bertz CT molecular complexity index is 439. The number of nitrogens with two attached hydrogens (primary N) is 1. The number of amides is 4. The van der Waals surface area contributed by atoms with Crippen LogP contribution in [0.3, 0.4) is 0 Å². The van der Waals surface area contributed by atoms with E-state index in [0.29, 0.717) is 6.54 Å². The van der Waals surface area contributed by atoms with Crippen molar-refractivity contribution in [3.05, 3.63) is 0 Å². The van der Waals surface area contributed by atoms with Crippen molar-refractivity contribution in [3.8, 4) is 0 Å². The van der Waals surface area contributed by atoms with Gasteiger partial charge in [-0.25, -0.2) is 9.69 Å². The van der Waals surface area contributed by atoms with Crippen molar-refractivity contribution in [3.63, 3.8) is 0 Å². The molecule has 2 atom stereocenters. The quantitative estimate of drug-likeness (QED) is 0.542. The average Bonchev–Trinajstić information content (AvgIpc) is 2.66. The van der Waals surface area contributed by atoms with Gasteiger partial charge in [-0.05, 0) is 14.1 Å². The molecule has 8 nitrogen and oxygen atoms in total. The third-order valence-corrected chi connectivity index (χ3v) is 3.90. The maximum Gasteiger partial charge on any atom is 0.329 e. The number of carbonyl (C=O) groups excluding carboxylic acids is 3. The molecule has 2 N–H and O–H groups in total. The monoisotopic (exact) mass is 255 g/mol. The molecule has 1 spiro atoms. The number of likely N-dealkylation sites (N-methyl/N-ethyl adjacent to an activating group) is 4. The normalized spacial score (nSPS) is 34.1. The zero-order chi connectivity index (χ0) is 13.8. The van der Waals surface area contributed by atoms with Gasteiger partial charge >= 0.3 is 6.03 Å². The Hall–Kier alpha value is -1.67. The smallest absolute Gasteiger partial charge is 0.329 e. The molecule has 0 bridgehead atoms. The molecule has 0 saturated carbocycles. The highest BCUT2D eigenvalue weighted by molar-refractivity contribution is 6.06. The molecular formula is C10H17N5O3. The Kier molecular flexibility index (Phi) is 2.60. The topological polar surface area (TPSA) is 90.2 Å². The molecule has 2 aliphatic rings. The number of carbonyl (C=O) groups is 3. The molecule has 2 rings (SSSR count). The van der Waals surface area contributed by atoms with E-state index >= 15 is 0 Å². The van der Waals surface area contributed by atoms with Crippen LogP contribution in [0.25, 0.3) is 0 Å². The summed E-state index contributed by atoms with van der Waals surface area (Å²) < 4.78 is 0. The van der Waals surface area contributed by atoms with Gasteiger partial charge in [0.1, 0.15) is 6.04 Å². The fourth-order valence-corrected chi connectivity index (χ4v) is 2.90. The van der Waals surface area contributed by atoms with Gasteiger partial charge < -0.3 is 5.73 Å². The first-order valence-electron chi connectivity index (χ1n) is 5.55. The van der Waals surface area contributed by atoms with Gasteiger partial charge in [-0.3, -0.25) is 24.3 Å². The van der Waals surface area contributed by atoms with Crippen molar-refractivity contribution in [1.82, 2.24) is 19.6 Å². The molecule has 0 aromatic carbocycles. The SMILES string of the molecule is CN1C(=O)N(C)C2(C1=O)N(C)CC(C(N)=O)N2C. The molecule has 0 aliphatic carbocycles. The van der Waals surface area contributed by atoms with Crippen molar-refractivity contribution in [2.75, 3.05) is 34.7 Å². The van der Waals surface area contributed by atoms with Crippen LogP contribution in [-0.4, -0.2) is 84.0 Å². The molecule has 2 unspecified atom stereocenters. The molecule has 2 heterocycles. The van der Waals surface area contributed by atoms with Crippen LogP contribution in [0.15, 0.2) is 0 Å². The molecule has 2 saturated heterocycles. The fourth-order valence-electron chi connectivity index (χ4n) is 2.90. The lowest BCUT2D eigenvalue weighted by molar-refractivity contribution is -0.151. The molecule has 100 valence electrons. The summed E-state index contributed by atoms with van der Waals surface area (Å²) in [4.78, 5) is 41.3. The molecule has 2 aliphatic heterocycles. The van der Waals surface area contributed by atoms with E-state index in [-0.39, 0.29) is 5.91 Å². The first-order valence-corrected chi connectivity index (χ1v) is 5.55. The zero-order valence-electron chi connectivity index (χ0n) is 10.9. The second kappa shape index (κ2) is 3.66. The van der Waals surface area contributed by atoms with E-state index in [0.717, 1.165) is 4.90 Å². The summed E-state index contributed by atoms with van der Waals surface area (Å²) in [6, 6.07) is -0.996. The molecule has 0 aromatic rings. The van der Waals surface area contributed by atoms with Crippen LogP contribution in [0.2, 0.25) is 0 Å². The molecule has 0 aromatic heterocycles. The van der Waals surface area contributed by atoms with Gasteiger partial charge in [-0.2, -0.15) is 0 Å². The van der Waals surface area contributed by atoms with E-state index in [1.807, 2.05) is 0 Å². The minimum Gasteiger partial charge on any atom is -0.368 e. The predicted octanol–water partition coefficient (Wildman–Crippen LogP) is -2.10. The first-order chi connectivity index (χ1) is 8.26. The van der Waals surface area contributed by atoms with E-state index in [2.05, 4.69) is 0 Å². The van der Waals surface area contributed by atoms with Crippen LogP contribution < -0.4 is 5.73 Å². The maximum absolute atomic E-state index is 12.4. The van der Waals surface area contributed by atoms with Crippen LogP contribution in [0, 0.1) is 0 Å². The number of hydrogen-bond acceptors (Lipinski definition) is 5. The summed E-state index contributed by atoms with van der Waals surface area (Å²) in [5.41, 5.74) is 5.33. The largest absolute Gasteiger partial charge is 0.368 e. The Balaban J connectivity index is 2.51. The minimum atomic E-state index is -1.24. The summed E-state index contributed by atoms with van der Waals surface area (Å²) in [5, 5.41) is 0. The van der Waals surface area contributed by atoms with Crippen molar-refractivity contribution < 1.29 is 14.4 Å². The van der Waals surface area contributed by atoms with Crippen LogP contribution in [0.5, 0.6) is 0 Å². The Labute approximate surface area is 105 Å². The van der Waals surface area contributed by atoms with Crippen LogP contribution in [-0.2, 0) is 9.59 Å². The molecule has 0 radical (unpaired) electrons. The second-order valence-electron chi connectivity index (χ2n) is 4.75. The molecule has 4 amide bonds. The minimum absolute atomic E-state index is 0.309. The number of imide groups is 1. The number of nitrogens with zero attached hydrogens (tertiary/aromatic N) is 4. The van der Waals surface area contributed by atoms with Crippen molar-refractivity contribution in [2.24, 2.45) is 5.73 Å². The fraction of sp³-hybridized carbons (Fsp3) is 0.700. The number of urea groups is 1. The summed E-state index contributed by atoms with van der Waals surface area (Å²) in [6.07, 6.45) is 0. The van der Waals surface area contributed by atoms with Crippen molar-refractivity contribution >= 4 is 17.8 Å². The predicted molar refractivity (Wildman–Crippen MR) is 62.0 cm³/mol. The summed E-state index contributed by atoms with van der Waals surface area (Å²) in [5.74, 6) is -2.13. The second-order valence-corrected chi connectivity index (χ2v) is 4.75. The van der Waals surface area contributed by atoms with Gasteiger partial charge in [-0.1, -0.05) is 0 Å². The number of primary amides is 1. The first kappa shape index (κ1) is 12.8. The van der Waals surface area contributed by atoms with E-state index < -0.39 is 23.8 Å². The Morgan fingerprint density at radius 2 is 1.83 bits per heavy atom. The lowest BCUT2D eigenvalue weighted by atomic mass is 10.2. The maximum atomic E-state index is 12.4. The van der Waals surface area contributed by atoms with E-state index in [4.69, 9.17) is 5.73 Å². The molecule has 8 heteroatoms. The average molecular weight is 255 g/mol. The Morgan fingerprint density at radius 1 is 1.28 bits per heavy atom. The van der Waals surface area contributed by atoms with Gasteiger partial charge in [0.05, 0.1) is 0 Å². The van der Waals surface area contributed by atoms with Gasteiger partial charge in [-0.15, -0.1) is 0 Å². The lowest BCUT2D eigenvalue weighted by Gasteiger charge is -2.39. The molecular weight excluding hydrogens is 238 g/mol. The van der Waals surface area contributed by atoms with Gasteiger partial charge in [0.2, 0.25) is 11.7 Å². The van der Waals surface area contributed by atoms with E-state index in [1.54, 1.807) is 30.9 Å². The van der Waals surface area contributed by atoms with Crippen molar-refractivity contribution in [1.29, 1.82) is 0 Å². The Morgan fingerprint density at radius 3 is 2.17 bits per heavy atom. The van der Waals surface area contributed by atoms with Gasteiger partial charge in [0.15, 0.2) is 0 Å². The molecule has 18 heavy (non-hydrogen) atoms. The van der Waals surface area contributed by atoms with Crippen LogP contribution in [0.4, 0.5) is 4.79 Å². The van der Waals surface area contributed by atoms with Crippen LogP contribution >= 0.6 is 0 Å². The zero-order valence-corrected chi connectivity index (χ0v) is 10.9. The molecule has 2 fully saturated rings. The van der Waals surface area contributed by atoms with Crippen molar-refractivity contribution in [2.45, 2.75) is 11.8 Å². The standard InChI is InChI=1S/C10H17N5O3/c1-12-5-6(7(11)16)14(3)10(12)8(17)13(2)9(18)15(10)4/h6H,5H2,1-4H3,(H2,11,16). The number of hydrogen-bond donors (Lipinski definition) is 1. The van der Waals surface area contributed by atoms with E-state index in [1.165, 1.54) is 11.9 Å². The lowest BCUT2D eigenvalue weighted by Crippen LogP contribution is -2.64. The van der Waals surface area contributed by atoms with E-state index in [9.17, 15) is 14.4 Å². The van der Waals surface area contributed by atoms with Gasteiger partial charge in [0.25, 0.3) is 5.91 Å². The highest BCUT2D eigenvalue weighted by Gasteiger charge is 2.65. The van der Waals surface area contributed by atoms with Crippen LogP contribution in [0.1, 0.15) is 0 Å². The third kappa shape index (κ3) is 1.19. The number of rotatable bonds is 1. The van der Waals surface area contributed by atoms with Gasteiger partial charge in [0, 0.05) is 20.6 Å². The summed E-state index contributed by atoms with van der Waals surface area (Å²) >= 11 is 0.